The summed E-state index contributed by atoms with van der Waals surface area (Å²) < 4.78 is 5.44. The van der Waals surface area contributed by atoms with Crippen molar-refractivity contribution in [3.63, 3.8) is 0 Å². The van der Waals surface area contributed by atoms with Gasteiger partial charge in [-0.1, -0.05) is 18.2 Å². The van der Waals surface area contributed by atoms with Gasteiger partial charge >= 0.3 is 0 Å². The first-order valence-corrected chi connectivity index (χ1v) is 8.36. The Morgan fingerprint density at radius 3 is 2.64 bits per heavy atom. The summed E-state index contributed by atoms with van der Waals surface area (Å²) in [4.78, 5) is 9.26. The molecule has 0 amide bonds. The molecule has 3 aromatic rings. The smallest absolute Gasteiger partial charge is 0.198 e. The first-order valence-electron chi connectivity index (χ1n) is 8.36. The van der Waals surface area contributed by atoms with Gasteiger partial charge < -0.3 is 14.8 Å². The topological polar surface area (TPSA) is 71.2 Å². The fraction of sp³-hybridized carbons (Fsp3) is 0.300. The van der Waals surface area contributed by atoms with Gasteiger partial charge in [0.25, 0.3) is 0 Å². The number of rotatable bonds is 5. The summed E-state index contributed by atoms with van der Waals surface area (Å²) >= 11 is 0. The Morgan fingerprint density at radius 1 is 1.20 bits per heavy atom. The highest BCUT2D eigenvalue weighted by Crippen LogP contribution is 2.27. The maximum absolute atomic E-state index is 9.87. The third-order valence-corrected chi connectivity index (χ3v) is 3.57. The molecule has 5 nitrogen and oxygen atoms in total. The lowest BCUT2D eigenvalue weighted by Gasteiger charge is -2.14. The molecule has 0 aliphatic rings. The van der Waals surface area contributed by atoms with Gasteiger partial charge in [-0.25, -0.2) is 9.97 Å². The van der Waals surface area contributed by atoms with E-state index in [1.165, 1.54) is 0 Å². The summed E-state index contributed by atoms with van der Waals surface area (Å²) in [5.74, 6) is 1.96. The Morgan fingerprint density at radius 2 is 2.00 bits per heavy atom. The van der Waals surface area contributed by atoms with Gasteiger partial charge in [0.05, 0.1) is 17.4 Å². The average Bonchev–Trinajstić information content (AvgIpc) is 3.06. The number of fused-ring (bicyclic) bond motifs is 1. The lowest BCUT2D eigenvalue weighted by Crippen LogP contribution is -2.13. The van der Waals surface area contributed by atoms with Crippen molar-refractivity contribution in [2.24, 2.45) is 0 Å². The minimum absolute atomic E-state index is 0.234. The fourth-order valence-electron chi connectivity index (χ4n) is 2.45. The molecule has 130 valence electrons. The summed E-state index contributed by atoms with van der Waals surface area (Å²) in [7, 11) is 0. The summed E-state index contributed by atoms with van der Waals surface area (Å²) in [5, 5.41) is 14.2. The van der Waals surface area contributed by atoms with Gasteiger partial charge in [-0.15, -0.1) is 0 Å². The zero-order valence-electron chi connectivity index (χ0n) is 14.9. The first-order chi connectivity index (χ1) is 11.8. The van der Waals surface area contributed by atoms with E-state index < -0.39 is 5.60 Å². The van der Waals surface area contributed by atoms with Gasteiger partial charge in [-0.3, -0.25) is 0 Å². The highest BCUT2D eigenvalue weighted by atomic mass is 16.3. The van der Waals surface area contributed by atoms with Gasteiger partial charge in [0.15, 0.2) is 11.6 Å². The molecule has 25 heavy (non-hydrogen) atoms. The molecule has 0 saturated carbocycles. The predicted octanol–water partition coefficient (Wildman–Crippen LogP) is 4.49. The normalized spacial score (nSPS) is 12.4. The number of furan rings is 1. The molecule has 0 aliphatic carbocycles. The van der Waals surface area contributed by atoms with Gasteiger partial charge in [0.2, 0.25) is 0 Å². The highest BCUT2D eigenvalue weighted by molar-refractivity contribution is 5.92. The number of benzene rings is 1. The molecule has 0 fully saturated rings. The maximum atomic E-state index is 9.87. The van der Waals surface area contributed by atoms with Crippen molar-refractivity contribution < 1.29 is 9.52 Å². The van der Waals surface area contributed by atoms with Crippen LogP contribution < -0.4 is 5.32 Å². The van der Waals surface area contributed by atoms with Crippen molar-refractivity contribution in [3.05, 3.63) is 48.2 Å². The van der Waals surface area contributed by atoms with E-state index in [1.807, 2.05) is 36.4 Å². The van der Waals surface area contributed by atoms with E-state index in [4.69, 9.17) is 4.42 Å². The summed E-state index contributed by atoms with van der Waals surface area (Å²) in [6.45, 7) is 7.63. The van der Waals surface area contributed by atoms with Crippen LogP contribution in [0.4, 0.5) is 5.82 Å². The third-order valence-electron chi connectivity index (χ3n) is 3.57. The van der Waals surface area contributed by atoms with Gasteiger partial charge in [-0.2, -0.15) is 0 Å². The monoisotopic (exact) mass is 337 g/mol. The Labute approximate surface area is 147 Å². The molecule has 5 heteroatoms. The highest BCUT2D eigenvalue weighted by Gasteiger charge is 2.13. The van der Waals surface area contributed by atoms with Crippen molar-refractivity contribution in [3.8, 4) is 11.6 Å². The first kappa shape index (κ1) is 17.2. The van der Waals surface area contributed by atoms with E-state index >= 15 is 0 Å². The summed E-state index contributed by atoms with van der Waals surface area (Å²) in [5.41, 5.74) is 0.967. The van der Waals surface area contributed by atoms with Crippen molar-refractivity contribution in [1.82, 2.24) is 9.97 Å². The van der Waals surface area contributed by atoms with Crippen LogP contribution in [0.5, 0.6) is 0 Å². The molecule has 0 atom stereocenters. The van der Waals surface area contributed by atoms with Crippen LogP contribution >= 0.6 is 0 Å². The predicted molar refractivity (Wildman–Crippen MR) is 101 cm³/mol. The van der Waals surface area contributed by atoms with Crippen LogP contribution in [0.3, 0.4) is 0 Å². The molecular weight excluding hydrogens is 314 g/mol. The molecule has 0 radical (unpaired) electrons. The minimum Gasteiger partial charge on any atom is -0.461 e. The largest absolute Gasteiger partial charge is 0.461 e. The lowest BCUT2D eigenvalue weighted by molar-refractivity contribution is 0.134. The summed E-state index contributed by atoms with van der Waals surface area (Å²) in [6, 6.07) is 9.86. The Kier molecular flexibility index (Phi) is 4.59. The van der Waals surface area contributed by atoms with Gasteiger partial charge in [0.1, 0.15) is 5.82 Å². The second-order valence-electron chi connectivity index (χ2n) is 6.94. The standard InChI is InChI=1S/C20H23N3O2/c1-13(2)21-18-15-12-14(9-10-20(3,4)24)7-8-16(15)22-19(23-18)17-6-5-11-25-17/h5-13,24H,1-4H3,(H,21,22,23)/b10-9+. The zero-order chi connectivity index (χ0) is 18.0. The molecule has 1 aromatic carbocycles. The quantitative estimate of drug-likeness (QED) is 0.717. The van der Waals surface area contributed by atoms with E-state index in [-0.39, 0.29) is 6.04 Å². The van der Waals surface area contributed by atoms with Crippen molar-refractivity contribution >= 4 is 22.8 Å². The second kappa shape index (κ2) is 6.69. The molecular formula is C20H23N3O2. The van der Waals surface area contributed by atoms with Gasteiger partial charge in [-0.05, 0) is 57.5 Å². The van der Waals surface area contributed by atoms with Crippen LogP contribution in [0.2, 0.25) is 0 Å². The lowest BCUT2D eigenvalue weighted by atomic mass is 10.1. The second-order valence-corrected chi connectivity index (χ2v) is 6.94. The Balaban J connectivity index is 2.11. The molecule has 3 rings (SSSR count). The van der Waals surface area contributed by atoms with Crippen LogP contribution in [0.25, 0.3) is 28.6 Å². The maximum Gasteiger partial charge on any atom is 0.198 e. The molecule has 0 spiro atoms. The van der Waals surface area contributed by atoms with Crippen LogP contribution in [-0.2, 0) is 0 Å². The van der Waals surface area contributed by atoms with E-state index in [0.717, 1.165) is 22.3 Å². The van der Waals surface area contributed by atoms with E-state index in [9.17, 15) is 5.11 Å². The van der Waals surface area contributed by atoms with Gasteiger partial charge in [0, 0.05) is 11.4 Å². The average molecular weight is 337 g/mol. The molecule has 2 N–H and O–H groups in total. The van der Waals surface area contributed by atoms with Crippen molar-refractivity contribution in [2.75, 3.05) is 5.32 Å². The number of aliphatic hydroxyl groups is 1. The Hall–Kier alpha value is -2.66. The van der Waals surface area contributed by atoms with Crippen LogP contribution in [0.1, 0.15) is 33.3 Å². The molecule has 2 aromatic heterocycles. The molecule has 0 aliphatic heterocycles. The fourth-order valence-corrected chi connectivity index (χ4v) is 2.45. The van der Waals surface area contributed by atoms with E-state index in [0.29, 0.717) is 11.6 Å². The molecule has 0 unspecified atom stereocenters. The van der Waals surface area contributed by atoms with Crippen molar-refractivity contribution in [1.29, 1.82) is 0 Å². The molecule has 0 saturated heterocycles. The van der Waals surface area contributed by atoms with E-state index in [2.05, 4.69) is 29.1 Å². The van der Waals surface area contributed by atoms with Crippen LogP contribution in [-0.4, -0.2) is 26.7 Å². The molecule has 2 heterocycles. The number of anilines is 1. The Bertz CT molecular complexity index is 891. The van der Waals surface area contributed by atoms with Crippen LogP contribution in [0.15, 0.2) is 47.1 Å². The number of aromatic nitrogens is 2. The number of nitrogens with zero attached hydrogens (tertiary/aromatic N) is 2. The zero-order valence-corrected chi connectivity index (χ0v) is 14.9. The number of hydrogen-bond donors (Lipinski definition) is 2. The summed E-state index contributed by atoms with van der Waals surface area (Å²) in [6.07, 6.45) is 5.28. The SMILES string of the molecule is CC(C)Nc1nc(-c2ccco2)nc2ccc(/C=C/C(C)(C)O)cc12. The molecule has 0 bridgehead atoms. The van der Waals surface area contributed by atoms with Crippen LogP contribution in [0, 0.1) is 0 Å². The van der Waals surface area contributed by atoms with E-state index in [1.54, 1.807) is 26.2 Å². The number of nitrogens with one attached hydrogen (secondary N) is 1. The number of hydrogen-bond acceptors (Lipinski definition) is 5. The van der Waals surface area contributed by atoms with Crippen molar-refractivity contribution in [2.45, 2.75) is 39.3 Å². The minimum atomic E-state index is -0.854. The third kappa shape index (κ3) is 4.25.